The van der Waals surface area contributed by atoms with Crippen LogP contribution in [0.5, 0.6) is 0 Å². The number of carbonyl (C=O) groups excluding carboxylic acids is 1. The van der Waals surface area contributed by atoms with Crippen LogP contribution in [0.1, 0.15) is 17.5 Å². The lowest BCUT2D eigenvalue weighted by atomic mass is 10.1. The number of nitrogens with zero attached hydrogens (tertiary/aromatic N) is 2. The number of hydrogen-bond donors (Lipinski definition) is 0. The fourth-order valence-corrected chi connectivity index (χ4v) is 3.48. The molecule has 0 bridgehead atoms. The first-order valence-corrected chi connectivity index (χ1v) is 8.06. The van der Waals surface area contributed by atoms with Gasteiger partial charge in [-0.2, -0.15) is 13.2 Å². The highest BCUT2D eigenvalue weighted by molar-refractivity contribution is 5.76. The molecule has 2 saturated heterocycles. The molecular formula is C17H21F3N2O2. The van der Waals surface area contributed by atoms with Crippen LogP contribution < -0.4 is 0 Å². The summed E-state index contributed by atoms with van der Waals surface area (Å²) in [7, 11) is 1.79. The summed E-state index contributed by atoms with van der Waals surface area (Å²) in [6.45, 7) is 2.35. The fourth-order valence-electron chi connectivity index (χ4n) is 3.48. The minimum absolute atomic E-state index is 0.0124. The Labute approximate surface area is 139 Å². The maximum absolute atomic E-state index is 12.5. The van der Waals surface area contributed by atoms with Crippen LogP contribution >= 0.6 is 0 Å². The summed E-state index contributed by atoms with van der Waals surface area (Å²) >= 11 is 0. The van der Waals surface area contributed by atoms with E-state index >= 15 is 0 Å². The number of halogens is 3. The summed E-state index contributed by atoms with van der Waals surface area (Å²) in [5.41, 5.74) is 1.12. The molecule has 0 spiro atoms. The van der Waals surface area contributed by atoms with Crippen LogP contribution in [0.2, 0.25) is 0 Å². The van der Waals surface area contributed by atoms with Crippen molar-refractivity contribution >= 4 is 5.91 Å². The monoisotopic (exact) mass is 342 g/mol. The number of amides is 1. The van der Waals surface area contributed by atoms with Crippen LogP contribution in [0.3, 0.4) is 0 Å². The van der Waals surface area contributed by atoms with E-state index < -0.39 is 12.6 Å². The Morgan fingerprint density at radius 1 is 1.25 bits per heavy atom. The number of rotatable bonds is 3. The van der Waals surface area contributed by atoms with Gasteiger partial charge in [-0.25, -0.2) is 0 Å². The maximum atomic E-state index is 12.5. The van der Waals surface area contributed by atoms with E-state index in [9.17, 15) is 18.0 Å². The van der Waals surface area contributed by atoms with Gasteiger partial charge in [-0.3, -0.25) is 9.69 Å². The van der Waals surface area contributed by atoms with Crippen LogP contribution in [-0.4, -0.2) is 60.8 Å². The van der Waals surface area contributed by atoms with E-state index in [1.807, 2.05) is 6.07 Å². The predicted octanol–water partition coefficient (Wildman–Crippen LogP) is 2.22. The van der Waals surface area contributed by atoms with Crippen LogP contribution in [0.25, 0.3) is 0 Å². The zero-order valence-corrected chi connectivity index (χ0v) is 13.6. The highest BCUT2D eigenvalue weighted by Gasteiger charge is 2.39. The highest BCUT2D eigenvalue weighted by atomic mass is 19.4. The first-order valence-electron chi connectivity index (χ1n) is 8.06. The Morgan fingerprint density at radius 3 is 2.75 bits per heavy atom. The van der Waals surface area contributed by atoms with Gasteiger partial charge >= 0.3 is 6.18 Å². The molecule has 0 aromatic heterocycles. The summed E-state index contributed by atoms with van der Waals surface area (Å²) in [5.74, 6) is 0.0801. The summed E-state index contributed by atoms with van der Waals surface area (Å²) in [6, 6.07) is 6.62. The zero-order chi connectivity index (χ0) is 17.3. The number of likely N-dealkylation sites (N-methyl/N-ethyl adjacent to an activating group) is 1. The number of ether oxygens (including phenoxy) is 1. The fraction of sp³-hybridized carbons (Fsp3) is 0.588. The van der Waals surface area contributed by atoms with Crippen molar-refractivity contribution in [1.82, 2.24) is 9.80 Å². The van der Waals surface area contributed by atoms with Crippen molar-refractivity contribution in [3.8, 4) is 0 Å². The van der Waals surface area contributed by atoms with Crippen molar-refractivity contribution in [2.24, 2.45) is 0 Å². The number of alkyl halides is 3. The Kier molecular flexibility index (Phi) is 4.83. The normalized spacial score (nSPS) is 25.7. The van der Waals surface area contributed by atoms with Gasteiger partial charge in [-0.15, -0.1) is 0 Å². The molecule has 24 heavy (non-hydrogen) atoms. The second kappa shape index (κ2) is 6.72. The first kappa shape index (κ1) is 17.2. The van der Waals surface area contributed by atoms with Gasteiger partial charge in [0, 0.05) is 26.7 Å². The average molecular weight is 342 g/mol. The van der Waals surface area contributed by atoms with Crippen molar-refractivity contribution in [2.45, 2.75) is 37.7 Å². The third-order valence-corrected chi connectivity index (χ3v) is 4.65. The third kappa shape index (κ3) is 4.08. The molecule has 1 aromatic rings. The van der Waals surface area contributed by atoms with E-state index in [2.05, 4.69) is 4.90 Å². The standard InChI is InChI=1S/C17H21F3N2O2/c1-21-14-10-22(11-15(14)24-6-5-16(21)23)9-13-4-2-3-12(7-13)8-17(18,19)20/h2-4,7,14-15H,5-6,8-11H2,1H3/t14-,15-/m0/s1. The van der Waals surface area contributed by atoms with Gasteiger partial charge in [0.25, 0.3) is 0 Å². The molecule has 0 unspecified atom stereocenters. The number of carbonyl (C=O) groups is 1. The Balaban J connectivity index is 1.65. The number of benzene rings is 1. The van der Waals surface area contributed by atoms with Gasteiger partial charge in [0.15, 0.2) is 0 Å². The highest BCUT2D eigenvalue weighted by Crippen LogP contribution is 2.25. The average Bonchev–Trinajstić information content (AvgIpc) is 2.82. The van der Waals surface area contributed by atoms with Crippen LogP contribution in [0.15, 0.2) is 24.3 Å². The summed E-state index contributed by atoms with van der Waals surface area (Å²) < 4.78 is 43.4. The van der Waals surface area contributed by atoms with E-state index in [0.717, 1.165) is 5.56 Å². The van der Waals surface area contributed by atoms with E-state index in [-0.39, 0.29) is 23.6 Å². The number of fused-ring (bicyclic) bond motifs is 1. The van der Waals surface area contributed by atoms with Gasteiger partial charge in [-0.1, -0.05) is 24.3 Å². The molecule has 0 N–H and O–H groups in total. The lowest BCUT2D eigenvalue weighted by Crippen LogP contribution is -2.42. The second-order valence-electron chi connectivity index (χ2n) is 6.54. The third-order valence-electron chi connectivity index (χ3n) is 4.65. The van der Waals surface area contributed by atoms with Crippen molar-refractivity contribution < 1.29 is 22.7 Å². The number of hydrogen-bond acceptors (Lipinski definition) is 3. The van der Waals surface area contributed by atoms with Crippen LogP contribution in [0.4, 0.5) is 13.2 Å². The minimum atomic E-state index is -4.20. The molecule has 132 valence electrons. The lowest BCUT2D eigenvalue weighted by molar-refractivity contribution is -0.131. The van der Waals surface area contributed by atoms with E-state index in [1.165, 1.54) is 6.07 Å². The van der Waals surface area contributed by atoms with Crippen molar-refractivity contribution in [3.05, 3.63) is 35.4 Å². The molecule has 1 amide bonds. The van der Waals surface area contributed by atoms with Crippen LogP contribution in [-0.2, 0) is 22.5 Å². The minimum Gasteiger partial charge on any atom is -0.374 e. The molecule has 2 aliphatic heterocycles. The zero-order valence-electron chi connectivity index (χ0n) is 13.6. The van der Waals surface area contributed by atoms with Crippen molar-refractivity contribution in [2.75, 3.05) is 26.7 Å². The number of likely N-dealkylation sites (tertiary alicyclic amines) is 1. The quantitative estimate of drug-likeness (QED) is 0.844. The predicted molar refractivity (Wildman–Crippen MR) is 82.4 cm³/mol. The molecule has 2 fully saturated rings. The van der Waals surface area contributed by atoms with Crippen molar-refractivity contribution in [3.63, 3.8) is 0 Å². The van der Waals surface area contributed by atoms with Gasteiger partial charge in [0.1, 0.15) is 0 Å². The second-order valence-corrected chi connectivity index (χ2v) is 6.54. The molecular weight excluding hydrogens is 321 g/mol. The molecule has 0 saturated carbocycles. The van der Waals surface area contributed by atoms with E-state index in [1.54, 1.807) is 24.1 Å². The smallest absolute Gasteiger partial charge is 0.374 e. The molecule has 1 aromatic carbocycles. The van der Waals surface area contributed by atoms with Gasteiger partial charge in [-0.05, 0) is 11.1 Å². The molecule has 2 heterocycles. The molecule has 0 aliphatic carbocycles. The van der Waals surface area contributed by atoms with Gasteiger partial charge < -0.3 is 9.64 Å². The van der Waals surface area contributed by atoms with Gasteiger partial charge in [0.05, 0.1) is 31.6 Å². The Morgan fingerprint density at radius 2 is 2.00 bits per heavy atom. The molecule has 2 aliphatic rings. The topological polar surface area (TPSA) is 32.8 Å². The molecule has 2 atom stereocenters. The molecule has 4 nitrogen and oxygen atoms in total. The summed E-state index contributed by atoms with van der Waals surface area (Å²) in [6.07, 6.45) is -4.73. The molecule has 0 radical (unpaired) electrons. The van der Waals surface area contributed by atoms with Crippen molar-refractivity contribution in [1.29, 1.82) is 0 Å². The maximum Gasteiger partial charge on any atom is 0.393 e. The van der Waals surface area contributed by atoms with E-state index in [0.29, 0.717) is 32.7 Å². The Bertz CT molecular complexity index is 606. The Hall–Kier alpha value is -1.60. The largest absolute Gasteiger partial charge is 0.393 e. The lowest BCUT2D eigenvalue weighted by Gasteiger charge is -2.25. The summed E-state index contributed by atoms with van der Waals surface area (Å²) in [5, 5.41) is 0. The van der Waals surface area contributed by atoms with E-state index in [4.69, 9.17) is 4.74 Å². The SMILES string of the molecule is CN1C(=O)CCO[C@H]2CN(Cc3cccc(CC(F)(F)F)c3)C[C@@H]21. The van der Waals surface area contributed by atoms with Gasteiger partial charge in [0.2, 0.25) is 5.91 Å². The first-order chi connectivity index (χ1) is 11.3. The molecule has 3 rings (SSSR count). The summed E-state index contributed by atoms with van der Waals surface area (Å²) in [4.78, 5) is 15.8. The molecule has 7 heteroatoms. The van der Waals surface area contributed by atoms with Crippen LogP contribution in [0, 0.1) is 0 Å².